The number of likely N-dealkylation sites (N-methyl/N-ethyl adjacent to an activating group) is 1. The van der Waals surface area contributed by atoms with Gasteiger partial charge in [-0.25, -0.2) is 0 Å². The first-order valence-corrected chi connectivity index (χ1v) is 10.2. The molecule has 0 saturated heterocycles. The van der Waals surface area contributed by atoms with E-state index < -0.39 is 0 Å². The van der Waals surface area contributed by atoms with Crippen molar-refractivity contribution in [3.8, 4) is 0 Å². The summed E-state index contributed by atoms with van der Waals surface area (Å²) in [5.74, 6) is -0.162. The Kier molecular flexibility index (Phi) is 5.64. The van der Waals surface area contributed by atoms with E-state index >= 15 is 0 Å². The average Bonchev–Trinajstić information content (AvgIpc) is 3.19. The summed E-state index contributed by atoms with van der Waals surface area (Å²) in [5.41, 5.74) is 4.59. The number of carbonyl (C=O) groups is 2. The van der Waals surface area contributed by atoms with Crippen molar-refractivity contribution in [2.45, 2.75) is 38.9 Å². The Hall–Kier alpha value is -2.71. The Morgan fingerprint density at radius 3 is 2.83 bits per heavy atom. The van der Waals surface area contributed by atoms with Crippen LogP contribution in [0.25, 0.3) is 0 Å². The highest BCUT2D eigenvalue weighted by Gasteiger charge is 2.35. The van der Waals surface area contributed by atoms with Crippen LogP contribution in [0.5, 0.6) is 0 Å². The van der Waals surface area contributed by atoms with E-state index in [1.807, 2.05) is 17.0 Å². The molecule has 8 heteroatoms. The lowest BCUT2D eigenvalue weighted by molar-refractivity contribution is -0.138. The molecule has 1 unspecified atom stereocenters. The lowest BCUT2D eigenvalue weighted by atomic mass is 9.92. The lowest BCUT2D eigenvalue weighted by Crippen LogP contribution is -2.52. The number of benzene rings is 1. The number of fused-ring (bicyclic) bond motifs is 2. The Morgan fingerprint density at radius 2 is 2.07 bits per heavy atom. The molecule has 0 saturated carbocycles. The molecule has 0 spiro atoms. The fraction of sp³-hybridized carbons (Fsp3) is 0.476. The van der Waals surface area contributed by atoms with Crippen LogP contribution in [0, 0.1) is 0 Å². The van der Waals surface area contributed by atoms with Crippen LogP contribution in [0.15, 0.2) is 24.3 Å². The van der Waals surface area contributed by atoms with E-state index in [1.165, 1.54) is 11.1 Å². The fourth-order valence-corrected chi connectivity index (χ4v) is 4.31. The number of aliphatic hydroxyl groups is 1. The van der Waals surface area contributed by atoms with Crippen molar-refractivity contribution in [3.63, 3.8) is 0 Å². The summed E-state index contributed by atoms with van der Waals surface area (Å²) < 4.78 is 0. The molecule has 2 amide bonds. The number of hydrogen-bond donors (Lipinski definition) is 3. The van der Waals surface area contributed by atoms with Crippen LogP contribution in [0.3, 0.4) is 0 Å². The van der Waals surface area contributed by atoms with Gasteiger partial charge in [0.2, 0.25) is 5.91 Å². The normalized spacial score (nSPS) is 18.8. The van der Waals surface area contributed by atoms with Crippen molar-refractivity contribution in [1.29, 1.82) is 0 Å². The van der Waals surface area contributed by atoms with Crippen molar-refractivity contribution >= 4 is 11.8 Å². The molecule has 4 rings (SSSR count). The highest BCUT2D eigenvalue weighted by Crippen LogP contribution is 2.27. The van der Waals surface area contributed by atoms with Gasteiger partial charge >= 0.3 is 0 Å². The van der Waals surface area contributed by atoms with Crippen molar-refractivity contribution in [3.05, 3.63) is 52.3 Å². The number of hydrogen-bond acceptors (Lipinski definition) is 5. The van der Waals surface area contributed by atoms with Crippen LogP contribution in [-0.4, -0.2) is 69.2 Å². The number of amides is 2. The number of rotatable bonds is 5. The van der Waals surface area contributed by atoms with E-state index in [0.29, 0.717) is 25.2 Å². The van der Waals surface area contributed by atoms with Gasteiger partial charge in [-0.1, -0.05) is 31.2 Å². The molecule has 29 heavy (non-hydrogen) atoms. The third-order valence-electron chi connectivity index (χ3n) is 5.89. The van der Waals surface area contributed by atoms with Gasteiger partial charge in [0.15, 0.2) is 5.69 Å². The molecule has 0 aliphatic carbocycles. The van der Waals surface area contributed by atoms with E-state index in [2.05, 4.69) is 39.5 Å². The monoisotopic (exact) mass is 397 g/mol. The summed E-state index contributed by atoms with van der Waals surface area (Å²) in [4.78, 5) is 29.7. The molecule has 154 valence electrons. The highest BCUT2D eigenvalue weighted by atomic mass is 16.3. The Labute approximate surface area is 169 Å². The molecule has 3 heterocycles. The average molecular weight is 397 g/mol. The molecule has 2 aliphatic heterocycles. The van der Waals surface area contributed by atoms with Gasteiger partial charge in [-0.2, -0.15) is 5.10 Å². The number of aromatic nitrogens is 2. The second-order valence-electron chi connectivity index (χ2n) is 7.57. The quantitative estimate of drug-likeness (QED) is 0.681. The molecule has 0 fully saturated rings. The Bertz CT molecular complexity index is 909. The topological polar surface area (TPSA) is 102 Å². The smallest absolute Gasteiger partial charge is 0.272 e. The van der Waals surface area contributed by atoms with Gasteiger partial charge in [0, 0.05) is 25.2 Å². The number of carbonyl (C=O) groups excluding carboxylic acids is 2. The third-order valence-corrected chi connectivity index (χ3v) is 5.89. The lowest BCUT2D eigenvalue weighted by Gasteiger charge is -2.39. The summed E-state index contributed by atoms with van der Waals surface area (Å²) in [6, 6.07) is 8.17. The zero-order valence-electron chi connectivity index (χ0n) is 16.6. The predicted octanol–water partition coefficient (Wildman–Crippen LogP) is 0.463. The molecule has 8 nitrogen and oxygen atoms in total. The second kappa shape index (κ2) is 8.34. The standard InChI is InChI=1S/C21H27N5O3/c1-2-25-12-15-6-4-3-5-14(15)11-18(25)21(29)26-9-7-16-17(13-26)23-24-19(16)20(28)22-8-10-27/h3-6,18,27H,2,7-13H2,1H3,(H,22,28)(H,23,24). The van der Waals surface area contributed by atoms with Gasteiger partial charge in [0.05, 0.1) is 24.9 Å². The molecule has 2 aromatic rings. The van der Waals surface area contributed by atoms with Crippen LogP contribution < -0.4 is 5.32 Å². The Morgan fingerprint density at radius 1 is 1.28 bits per heavy atom. The summed E-state index contributed by atoms with van der Waals surface area (Å²) >= 11 is 0. The van der Waals surface area contributed by atoms with Gasteiger partial charge in [0.1, 0.15) is 0 Å². The second-order valence-corrected chi connectivity index (χ2v) is 7.57. The maximum absolute atomic E-state index is 13.4. The third kappa shape index (κ3) is 3.77. The van der Waals surface area contributed by atoms with E-state index in [0.717, 1.165) is 30.8 Å². The van der Waals surface area contributed by atoms with Crippen LogP contribution in [-0.2, 0) is 30.7 Å². The minimum atomic E-state index is -0.294. The van der Waals surface area contributed by atoms with Crippen molar-refractivity contribution in [2.24, 2.45) is 0 Å². The van der Waals surface area contributed by atoms with Crippen molar-refractivity contribution < 1.29 is 14.7 Å². The van der Waals surface area contributed by atoms with Crippen LogP contribution in [0.1, 0.15) is 39.8 Å². The number of aliphatic hydroxyl groups excluding tert-OH is 1. The van der Waals surface area contributed by atoms with Gasteiger partial charge in [-0.3, -0.25) is 19.6 Å². The molecular formula is C21H27N5O3. The van der Waals surface area contributed by atoms with E-state index in [9.17, 15) is 9.59 Å². The SMILES string of the molecule is CCN1Cc2ccccc2CC1C(=O)N1CCc2c(C(=O)NCCO)n[nH]c2C1. The molecule has 2 aliphatic rings. The molecule has 0 radical (unpaired) electrons. The van der Waals surface area contributed by atoms with Crippen molar-refractivity contribution in [1.82, 2.24) is 25.3 Å². The van der Waals surface area contributed by atoms with E-state index in [-0.39, 0.29) is 31.0 Å². The van der Waals surface area contributed by atoms with Gasteiger partial charge in [-0.15, -0.1) is 0 Å². The number of nitrogens with one attached hydrogen (secondary N) is 2. The van der Waals surface area contributed by atoms with Crippen LogP contribution >= 0.6 is 0 Å². The minimum absolute atomic E-state index is 0.112. The fourth-order valence-electron chi connectivity index (χ4n) is 4.31. The zero-order chi connectivity index (χ0) is 20.4. The highest BCUT2D eigenvalue weighted by molar-refractivity contribution is 5.94. The first-order valence-electron chi connectivity index (χ1n) is 10.2. The van der Waals surface area contributed by atoms with Crippen LogP contribution in [0.2, 0.25) is 0 Å². The Balaban J connectivity index is 1.49. The molecule has 1 aromatic carbocycles. The molecular weight excluding hydrogens is 370 g/mol. The maximum Gasteiger partial charge on any atom is 0.272 e. The maximum atomic E-state index is 13.4. The zero-order valence-corrected chi connectivity index (χ0v) is 16.6. The summed E-state index contributed by atoms with van der Waals surface area (Å²) in [6.45, 7) is 4.80. The molecule has 0 bridgehead atoms. The van der Waals surface area contributed by atoms with Crippen molar-refractivity contribution in [2.75, 3.05) is 26.2 Å². The van der Waals surface area contributed by atoms with E-state index in [4.69, 9.17) is 5.11 Å². The minimum Gasteiger partial charge on any atom is -0.395 e. The summed E-state index contributed by atoms with van der Waals surface area (Å²) in [5, 5.41) is 18.6. The van der Waals surface area contributed by atoms with Crippen LogP contribution in [0.4, 0.5) is 0 Å². The molecule has 1 atom stereocenters. The van der Waals surface area contributed by atoms with Gasteiger partial charge in [-0.05, 0) is 30.5 Å². The molecule has 3 N–H and O–H groups in total. The predicted molar refractivity (Wildman–Crippen MR) is 107 cm³/mol. The first kappa shape index (κ1) is 19.6. The first-order chi connectivity index (χ1) is 14.1. The van der Waals surface area contributed by atoms with Gasteiger partial charge in [0.25, 0.3) is 5.91 Å². The number of nitrogens with zero attached hydrogens (tertiary/aromatic N) is 3. The summed E-state index contributed by atoms with van der Waals surface area (Å²) in [7, 11) is 0. The molecule has 1 aromatic heterocycles. The number of aromatic amines is 1. The van der Waals surface area contributed by atoms with E-state index in [1.54, 1.807) is 0 Å². The van der Waals surface area contributed by atoms with Gasteiger partial charge < -0.3 is 15.3 Å². The largest absolute Gasteiger partial charge is 0.395 e. The summed E-state index contributed by atoms with van der Waals surface area (Å²) in [6.07, 6.45) is 1.32. The number of H-pyrrole nitrogens is 1.